The number of aromatic nitrogens is 2. The summed E-state index contributed by atoms with van der Waals surface area (Å²) < 4.78 is 0. The molecular formula is C15H18N4OS. The maximum absolute atomic E-state index is 11.9. The maximum Gasteiger partial charge on any atom is 0.233 e. The monoisotopic (exact) mass is 302 g/mol. The van der Waals surface area contributed by atoms with Gasteiger partial charge in [0.1, 0.15) is 5.82 Å². The van der Waals surface area contributed by atoms with Gasteiger partial charge in [-0.2, -0.15) is 0 Å². The van der Waals surface area contributed by atoms with E-state index in [1.54, 1.807) is 6.08 Å². The molecule has 0 saturated carbocycles. The van der Waals surface area contributed by atoms with Crippen molar-refractivity contribution in [2.24, 2.45) is 0 Å². The molecule has 2 N–H and O–H groups in total. The molecule has 5 nitrogen and oxygen atoms in total. The summed E-state index contributed by atoms with van der Waals surface area (Å²) in [6.07, 6.45) is 1.65. The quantitative estimate of drug-likeness (QED) is 0.487. The third-order valence-electron chi connectivity index (χ3n) is 2.89. The van der Waals surface area contributed by atoms with Crippen molar-refractivity contribution in [3.63, 3.8) is 0 Å². The molecule has 110 valence electrons. The van der Waals surface area contributed by atoms with Crippen molar-refractivity contribution < 1.29 is 4.79 Å². The van der Waals surface area contributed by atoms with Gasteiger partial charge in [-0.25, -0.2) is 9.97 Å². The number of nitrogens with zero attached hydrogens (tertiary/aromatic N) is 2. The third kappa shape index (κ3) is 3.72. The van der Waals surface area contributed by atoms with Gasteiger partial charge < -0.3 is 10.6 Å². The van der Waals surface area contributed by atoms with Crippen molar-refractivity contribution in [3.8, 4) is 0 Å². The zero-order chi connectivity index (χ0) is 15.2. The Morgan fingerprint density at radius 3 is 2.90 bits per heavy atom. The van der Waals surface area contributed by atoms with Gasteiger partial charge in [-0.1, -0.05) is 30.0 Å². The largest absolute Gasteiger partial charge is 0.372 e. The van der Waals surface area contributed by atoms with Gasteiger partial charge in [-0.3, -0.25) is 4.79 Å². The minimum Gasteiger partial charge on any atom is -0.372 e. The Morgan fingerprint density at radius 1 is 1.43 bits per heavy atom. The summed E-state index contributed by atoms with van der Waals surface area (Å²) in [5, 5.41) is 7.12. The first-order valence-electron chi connectivity index (χ1n) is 6.65. The van der Waals surface area contributed by atoms with Gasteiger partial charge in [0.15, 0.2) is 5.16 Å². The van der Waals surface area contributed by atoms with Crippen LogP contribution in [-0.2, 0) is 4.79 Å². The minimum absolute atomic E-state index is 0.0531. The van der Waals surface area contributed by atoms with E-state index >= 15 is 0 Å². The van der Waals surface area contributed by atoms with Gasteiger partial charge in [0, 0.05) is 19.0 Å². The van der Waals surface area contributed by atoms with E-state index in [0.29, 0.717) is 11.7 Å². The number of fused-ring (bicyclic) bond motifs is 1. The summed E-state index contributed by atoms with van der Waals surface area (Å²) in [7, 11) is 1.82. The van der Waals surface area contributed by atoms with E-state index in [-0.39, 0.29) is 11.2 Å². The molecule has 2 rings (SSSR count). The number of benzene rings is 1. The first-order chi connectivity index (χ1) is 10.2. The van der Waals surface area contributed by atoms with Crippen molar-refractivity contribution in [3.05, 3.63) is 36.9 Å². The Balaban J connectivity index is 2.22. The molecule has 2 aromatic rings. The van der Waals surface area contributed by atoms with E-state index < -0.39 is 0 Å². The second kappa shape index (κ2) is 7.08. The minimum atomic E-state index is -0.268. The molecule has 0 radical (unpaired) electrons. The number of hydrogen-bond acceptors (Lipinski definition) is 5. The van der Waals surface area contributed by atoms with E-state index in [1.807, 2.05) is 38.2 Å². The van der Waals surface area contributed by atoms with Crippen LogP contribution in [-0.4, -0.2) is 34.7 Å². The lowest BCUT2D eigenvalue weighted by molar-refractivity contribution is -0.120. The highest BCUT2D eigenvalue weighted by Crippen LogP contribution is 2.26. The normalized spacial score (nSPS) is 11.9. The number of carbonyl (C=O) groups excluding carboxylic acids is 1. The lowest BCUT2D eigenvalue weighted by atomic mass is 10.2. The van der Waals surface area contributed by atoms with E-state index in [1.165, 1.54) is 11.8 Å². The number of thioether (sulfide) groups is 1. The van der Waals surface area contributed by atoms with Crippen LogP contribution in [0.3, 0.4) is 0 Å². The Labute approximate surface area is 128 Å². The van der Waals surface area contributed by atoms with Crippen LogP contribution in [0, 0.1) is 0 Å². The highest BCUT2D eigenvalue weighted by Gasteiger charge is 2.16. The van der Waals surface area contributed by atoms with Crippen molar-refractivity contribution in [1.82, 2.24) is 15.3 Å². The standard InChI is InChI=1S/C15H18N4OS/c1-4-9-17-14(20)10(2)21-15-18-12-8-6-5-7-11(12)13(16-3)19-15/h4-8,10H,1,9H2,2-3H3,(H,17,20)(H,16,18,19). The van der Waals surface area contributed by atoms with Crippen molar-refractivity contribution in [1.29, 1.82) is 0 Å². The first-order valence-corrected chi connectivity index (χ1v) is 7.53. The fourth-order valence-corrected chi connectivity index (χ4v) is 2.63. The second-order valence-electron chi connectivity index (χ2n) is 4.42. The molecule has 0 bridgehead atoms. The maximum atomic E-state index is 11.9. The average Bonchev–Trinajstić information content (AvgIpc) is 2.51. The lowest BCUT2D eigenvalue weighted by Crippen LogP contribution is -2.31. The first kappa shape index (κ1) is 15.3. The lowest BCUT2D eigenvalue weighted by Gasteiger charge is -2.12. The SMILES string of the molecule is C=CCNC(=O)C(C)Sc1nc(NC)c2ccccc2n1. The van der Waals surface area contributed by atoms with E-state index in [0.717, 1.165) is 16.7 Å². The highest BCUT2D eigenvalue weighted by atomic mass is 32.2. The third-order valence-corrected chi connectivity index (χ3v) is 3.85. The number of nitrogens with one attached hydrogen (secondary N) is 2. The number of anilines is 1. The van der Waals surface area contributed by atoms with Crippen LogP contribution in [0.4, 0.5) is 5.82 Å². The molecule has 0 spiro atoms. The molecule has 0 aliphatic carbocycles. The molecule has 1 amide bonds. The number of para-hydroxylation sites is 1. The molecule has 0 saturated heterocycles. The Morgan fingerprint density at radius 2 is 2.19 bits per heavy atom. The van der Waals surface area contributed by atoms with Crippen molar-refractivity contribution in [2.75, 3.05) is 18.9 Å². The van der Waals surface area contributed by atoms with E-state index in [9.17, 15) is 4.79 Å². The second-order valence-corrected chi connectivity index (χ2v) is 5.72. The Hall–Kier alpha value is -2.08. The summed E-state index contributed by atoms with van der Waals surface area (Å²) in [5.41, 5.74) is 0.859. The highest BCUT2D eigenvalue weighted by molar-refractivity contribution is 8.00. The molecule has 1 aromatic heterocycles. The van der Waals surface area contributed by atoms with Gasteiger partial charge >= 0.3 is 0 Å². The Kier molecular flexibility index (Phi) is 5.16. The van der Waals surface area contributed by atoms with E-state index in [2.05, 4.69) is 27.2 Å². The summed E-state index contributed by atoms with van der Waals surface area (Å²) in [5.74, 6) is 0.712. The van der Waals surface area contributed by atoms with Crippen LogP contribution in [0.15, 0.2) is 42.1 Å². The number of rotatable bonds is 6. The molecule has 1 unspecified atom stereocenters. The van der Waals surface area contributed by atoms with Crippen LogP contribution in [0.2, 0.25) is 0 Å². The van der Waals surface area contributed by atoms with E-state index in [4.69, 9.17) is 0 Å². The molecule has 1 aromatic carbocycles. The van der Waals surface area contributed by atoms with Crippen LogP contribution in [0.5, 0.6) is 0 Å². The zero-order valence-electron chi connectivity index (χ0n) is 12.1. The number of amides is 1. The number of carbonyl (C=O) groups is 1. The Bertz CT molecular complexity index is 659. The van der Waals surface area contributed by atoms with Crippen LogP contribution in [0.1, 0.15) is 6.92 Å². The molecule has 21 heavy (non-hydrogen) atoms. The summed E-state index contributed by atoms with van der Waals surface area (Å²) >= 11 is 1.34. The smallest absolute Gasteiger partial charge is 0.233 e. The molecule has 6 heteroatoms. The number of hydrogen-bond donors (Lipinski definition) is 2. The van der Waals surface area contributed by atoms with Crippen LogP contribution < -0.4 is 10.6 Å². The van der Waals surface area contributed by atoms with Gasteiger partial charge in [0.2, 0.25) is 5.91 Å². The molecule has 0 aliphatic rings. The summed E-state index contributed by atoms with van der Waals surface area (Å²) in [6.45, 7) is 5.87. The van der Waals surface area contributed by atoms with Gasteiger partial charge in [-0.15, -0.1) is 6.58 Å². The van der Waals surface area contributed by atoms with Gasteiger partial charge in [0.05, 0.1) is 10.8 Å². The zero-order valence-corrected chi connectivity index (χ0v) is 12.9. The molecule has 1 heterocycles. The van der Waals surface area contributed by atoms with Gasteiger partial charge in [0.25, 0.3) is 0 Å². The predicted molar refractivity (Wildman–Crippen MR) is 87.6 cm³/mol. The van der Waals surface area contributed by atoms with Crippen molar-refractivity contribution >= 4 is 34.4 Å². The molecule has 0 aliphatic heterocycles. The molecular weight excluding hydrogens is 284 g/mol. The van der Waals surface area contributed by atoms with Crippen LogP contribution >= 0.6 is 11.8 Å². The molecule has 0 fully saturated rings. The fraction of sp³-hybridized carbons (Fsp3) is 0.267. The fourth-order valence-electron chi connectivity index (χ4n) is 1.83. The predicted octanol–water partition coefficient (Wildman–Crippen LogP) is 2.45. The van der Waals surface area contributed by atoms with Gasteiger partial charge in [-0.05, 0) is 19.1 Å². The average molecular weight is 302 g/mol. The topological polar surface area (TPSA) is 66.9 Å². The van der Waals surface area contributed by atoms with Crippen molar-refractivity contribution in [2.45, 2.75) is 17.3 Å². The summed E-state index contributed by atoms with van der Waals surface area (Å²) in [4.78, 5) is 20.8. The van der Waals surface area contributed by atoms with Crippen LogP contribution in [0.25, 0.3) is 10.9 Å². The summed E-state index contributed by atoms with van der Waals surface area (Å²) in [6, 6.07) is 7.79. The molecule has 1 atom stereocenters.